The molecule has 1 fully saturated rings. The molecule has 1 rings (SSSR count). The van der Waals surface area contributed by atoms with Crippen molar-refractivity contribution in [2.45, 2.75) is 45.8 Å². The van der Waals surface area contributed by atoms with Gasteiger partial charge in [0, 0.05) is 6.42 Å². The van der Waals surface area contributed by atoms with Crippen molar-refractivity contribution in [3.8, 4) is 6.07 Å². The van der Waals surface area contributed by atoms with Crippen molar-refractivity contribution >= 4 is 11.9 Å². The zero-order valence-corrected chi connectivity index (χ0v) is 9.65. The van der Waals surface area contributed by atoms with Crippen LogP contribution in [0.2, 0.25) is 0 Å². The minimum Gasteiger partial charge on any atom is -0.450 e. The number of carbonyl (C=O) groups excluding carboxylic acids is 2. The molecule has 0 amide bonds. The molecule has 5 nitrogen and oxygen atoms in total. The number of rotatable bonds is 3. The zero-order chi connectivity index (χ0) is 12.3. The Balaban J connectivity index is 2.60. The Bertz CT molecular complexity index is 342. The minimum absolute atomic E-state index is 0.126. The molecule has 1 saturated heterocycles. The van der Waals surface area contributed by atoms with Gasteiger partial charge >= 0.3 is 11.9 Å². The zero-order valence-electron chi connectivity index (χ0n) is 9.65. The first kappa shape index (κ1) is 12.5. The molecule has 0 saturated carbocycles. The van der Waals surface area contributed by atoms with Gasteiger partial charge in [-0.3, -0.25) is 4.79 Å². The first-order chi connectivity index (χ1) is 7.40. The summed E-state index contributed by atoms with van der Waals surface area (Å²) in [6, 6.07) is 1.82. The summed E-state index contributed by atoms with van der Waals surface area (Å²) in [4.78, 5) is 22.9. The lowest BCUT2D eigenvalue weighted by Crippen LogP contribution is -2.32. The number of carbonyl (C=O) groups is 2. The summed E-state index contributed by atoms with van der Waals surface area (Å²) in [6.07, 6.45) is -0.978. The number of nitriles is 1. The fraction of sp³-hybridized carbons (Fsp3) is 0.727. The van der Waals surface area contributed by atoms with Gasteiger partial charge in [-0.25, -0.2) is 4.79 Å². The summed E-state index contributed by atoms with van der Waals surface area (Å²) < 4.78 is 9.74. The van der Waals surface area contributed by atoms with Gasteiger partial charge in [0.2, 0.25) is 6.10 Å². The quantitative estimate of drug-likeness (QED) is 0.674. The molecule has 0 aliphatic carbocycles. The van der Waals surface area contributed by atoms with Crippen LogP contribution in [0.25, 0.3) is 0 Å². The van der Waals surface area contributed by atoms with E-state index < -0.39 is 29.6 Å². The van der Waals surface area contributed by atoms with E-state index in [9.17, 15) is 9.59 Å². The summed E-state index contributed by atoms with van der Waals surface area (Å²) in [5.41, 5.74) is -0.620. The smallest absolute Gasteiger partial charge is 0.348 e. The van der Waals surface area contributed by atoms with Crippen molar-refractivity contribution in [3.63, 3.8) is 0 Å². The van der Waals surface area contributed by atoms with E-state index in [1.165, 1.54) is 0 Å². The molecule has 16 heavy (non-hydrogen) atoms. The third kappa shape index (κ3) is 2.51. The van der Waals surface area contributed by atoms with Crippen LogP contribution in [0.1, 0.15) is 33.6 Å². The van der Waals surface area contributed by atoms with E-state index in [2.05, 4.69) is 0 Å². The largest absolute Gasteiger partial charge is 0.450 e. The van der Waals surface area contributed by atoms with Gasteiger partial charge in [-0.15, -0.1) is 0 Å². The molecule has 1 aliphatic heterocycles. The highest BCUT2D eigenvalue weighted by Crippen LogP contribution is 2.25. The molecule has 1 aliphatic rings. The number of esters is 2. The van der Waals surface area contributed by atoms with E-state index in [0.717, 1.165) is 0 Å². The van der Waals surface area contributed by atoms with Crippen molar-refractivity contribution in [1.29, 1.82) is 5.26 Å². The Morgan fingerprint density at radius 1 is 1.69 bits per heavy atom. The molecule has 88 valence electrons. The third-order valence-corrected chi connectivity index (χ3v) is 2.78. The number of hydrogen-bond donors (Lipinski definition) is 0. The number of ether oxygens (including phenoxy) is 2. The second kappa shape index (κ2) is 4.52. The van der Waals surface area contributed by atoms with Crippen LogP contribution < -0.4 is 0 Å². The lowest BCUT2D eigenvalue weighted by atomic mass is 9.90. The van der Waals surface area contributed by atoms with Crippen LogP contribution in [0.5, 0.6) is 0 Å². The summed E-state index contributed by atoms with van der Waals surface area (Å²) in [5.74, 6) is -1.07. The third-order valence-electron chi connectivity index (χ3n) is 2.78. The van der Waals surface area contributed by atoms with Gasteiger partial charge in [0.25, 0.3) is 0 Å². The van der Waals surface area contributed by atoms with E-state index in [1.807, 2.05) is 13.0 Å². The molecule has 2 atom stereocenters. The van der Waals surface area contributed by atoms with Crippen molar-refractivity contribution < 1.29 is 19.1 Å². The molecule has 0 spiro atoms. The average molecular weight is 225 g/mol. The van der Waals surface area contributed by atoms with Crippen molar-refractivity contribution in [1.82, 2.24) is 0 Å². The SMILES string of the molecule is CCC(C)(C)C(=O)OC1CC(C#N)OC1=O. The van der Waals surface area contributed by atoms with E-state index in [-0.39, 0.29) is 6.42 Å². The molecule has 1 heterocycles. The number of hydrogen-bond acceptors (Lipinski definition) is 5. The Morgan fingerprint density at radius 2 is 2.31 bits per heavy atom. The fourth-order valence-electron chi connectivity index (χ4n) is 1.16. The first-order valence-corrected chi connectivity index (χ1v) is 5.22. The minimum atomic E-state index is -0.928. The molecule has 2 unspecified atom stereocenters. The standard InChI is InChI=1S/C11H15NO4/c1-4-11(2,3)10(14)16-8-5-7(6-12)15-9(8)13/h7-8H,4-5H2,1-3H3. The summed E-state index contributed by atoms with van der Waals surface area (Å²) in [5, 5.41) is 8.57. The Kier molecular flexibility index (Phi) is 3.53. The molecular formula is C11H15NO4. The van der Waals surface area contributed by atoms with Crippen LogP contribution in [0.15, 0.2) is 0 Å². The van der Waals surface area contributed by atoms with Gasteiger partial charge in [0.1, 0.15) is 6.07 Å². The Hall–Kier alpha value is -1.57. The van der Waals surface area contributed by atoms with Gasteiger partial charge in [-0.05, 0) is 20.3 Å². The summed E-state index contributed by atoms with van der Waals surface area (Å²) in [7, 11) is 0. The van der Waals surface area contributed by atoms with E-state index in [4.69, 9.17) is 14.7 Å². The van der Waals surface area contributed by atoms with Crippen LogP contribution in [-0.4, -0.2) is 24.1 Å². The van der Waals surface area contributed by atoms with Gasteiger partial charge in [0.15, 0.2) is 6.10 Å². The molecule has 0 aromatic carbocycles. The van der Waals surface area contributed by atoms with Crippen LogP contribution in [0.3, 0.4) is 0 Å². The van der Waals surface area contributed by atoms with E-state index >= 15 is 0 Å². The molecular weight excluding hydrogens is 210 g/mol. The van der Waals surface area contributed by atoms with Crippen molar-refractivity contribution in [2.75, 3.05) is 0 Å². The molecule has 0 aromatic rings. The number of cyclic esters (lactones) is 1. The van der Waals surface area contributed by atoms with Gasteiger partial charge < -0.3 is 9.47 Å². The Labute approximate surface area is 94.3 Å². The molecule has 0 N–H and O–H groups in total. The molecule has 0 bridgehead atoms. The highest BCUT2D eigenvalue weighted by atomic mass is 16.6. The maximum absolute atomic E-state index is 11.7. The average Bonchev–Trinajstić information content (AvgIpc) is 2.59. The predicted molar refractivity (Wildman–Crippen MR) is 54.1 cm³/mol. The van der Waals surface area contributed by atoms with Gasteiger partial charge in [0.05, 0.1) is 5.41 Å². The van der Waals surface area contributed by atoms with Crippen LogP contribution in [-0.2, 0) is 19.1 Å². The van der Waals surface area contributed by atoms with Gasteiger partial charge in [-0.2, -0.15) is 5.26 Å². The summed E-state index contributed by atoms with van der Waals surface area (Å²) >= 11 is 0. The Morgan fingerprint density at radius 3 is 2.75 bits per heavy atom. The van der Waals surface area contributed by atoms with Crippen LogP contribution in [0, 0.1) is 16.7 Å². The normalized spacial score (nSPS) is 24.8. The lowest BCUT2D eigenvalue weighted by molar-refractivity contribution is -0.167. The maximum Gasteiger partial charge on any atom is 0.348 e. The highest BCUT2D eigenvalue weighted by molar-refractivity contribution is 5.83. The molecule has 0 aromatic heterocycles. The van der Waals surface area contributed by atoms with E-state index in [1.54, 1.807) is 13.8 Å². The second-order valence-corrected chi connectivity index (χ2v) is 4.42. The molecule has 0 radical (unpaired) electrons. The maximum atomic E-state index is 11.7. The first-order valence-electron chi connectivity index (χ1n) is 5.22. The van der Waals surface area contributed by atoms with Crippen molar-refractivity contribution in [3.05, 3.63) is 0 Å². The van der Waals surface area contributed by atoms with Crippen LogP contribution >= 0.6 is 0 Å². The lowest BCUT2D eigenvalue weighted by Gasteiger charge is -2.21. The monoisotopic (exact) mass is 225 g/mol. The fourth-order valence-corrected chi connectivity index (χ4v) is 1.16. The topological polar surface area (TPSA) is 76.4 Å². The second-order valence-electron chi connectivity index (χ2n) is 4.42. The van der Waals surface area contributed by atoms with Gasteiger partial charge in [-0.1, -0.05) is 6.92 Å². The van der Waals surface area contributed by atoms with Crippen LogP contribution in [0.4, 0.5) is 0 Å². The van der Waals surface area contributed by atoms with E-state index in [0.29, 0.717) is 6.42 Å². The van der Waals surface area contributed by atoms with Crippen molar-refractivity contribution in [2.24, 2.45) is 5.41 Å². The highest BCUT2D eigenvalue weighted by Gasteiger charge is 2.40. The number of nitrogens with zero attached hydrogens (tertiary/aromatic N) is 1. The predicted octanol–water partition coefficient (Wildman–Crippen LogP) is 1.17. The molecule has 5 heteroatoms. The summed E-state index contributed by atoms with van der Waals surface area (Å²) in [6.45, 7) is 5.36.